The zero-order chi connectivity index (χ0) is 16.1. The van der Waals surface area contributed by atoms with E-state index in [9.17, 15) is 0 Å². The highest BCUT2D eigenvalue weighted by molar-refractivity contribution is 14.0. The molecule has 0 amide bonds. The number of ether oxygens (including phenoxy) is 1. The Bertz CT molecular complexity index is 494. The van der Waals surface area contributed by atoms with Gasteiger partial charge in [-0.3, -0.25) is 0 Å². The molecule has 1 saturated heterocycles. The van der Waals surface area contributed by atoms with E-state index in [0.717, 1.165) is 37.0 Å². The highest BCUT2D eigenvalue weighted by Crippen LogP contribution is 2.15. The summed E-state index contributed by atoms with van der Waals surface area (Å²) < 4.78 is 5.57. The van der Waals surface area contributed by atoms with Gasteiger partial charge in [-0.1, -0.05) is 6.07 Å². The summed E-state index contributed by atoms with van der Waals surface area (Å²) in [5.41, 5.74) is 1.12. The number of hydrogen-bond donors (Lipinski definition) is 0. The van der Waals surface area contributed by atoms with Crippen molar-refractivity contribution in [3.05, 3.63) is 23.9 Å². The van der Waals surface area contributed by atoms with Crippen molar-refractivity contribution in [2.24, 2.45) is 4.99 Å². The van der Waals surface area contributed by atoms with E-state index < -0.39 is 0 Å². The minimum atomic E-state index is 0. The fourth-order valence-corrected chi connectivity index (χ4v) is 2.57. The minimum Gasteiger partial charge on any atom is -0.375 e. The maximum Gasteiger partial charge on any atom is 0.195 e. The molecule has 2 rings (SSSR count). The molecule has 0 aliphatic carbocycles. The van der Waals surface area contributed by atoms with Gasteiger partial charge < -0.3 is 19.4 Å². The first-order valence-electron chi connectivity index (χ1n) is 7.68. The molecule has 0 radical (unpaired) electrons. The van der Waals surface area contributed by atoms with Gasteiger partial charge in [-0.05, 0) is 18.6 Å². The van der Waals surface area contributed by atoms with E-state index in [4.69, 9.17) is 4.74 Å². The number of halogens is 1. The number of anilines is 1. The summed E-state index contributed by atoms with van der Waals surface area (Å²) in [5.74, 6) is 1.97. The summed E-state index contributed by atoms with van der Waals surface area (Å²) in [7, 11) is 8.00. The third kappa shape index (κ3) is 5.80. The van der Waals surface area contributed by atoms with E-state index >= 15 is 0 Å². The van der Waals surface area contributed by atoms with Crippen LogP contribution in [0.1, 0.15) is 12.5 Å². The SMILES string of the molecule is CC1CN(c2ccc(CN=C(N(C)C)N(C)C)cn2)CCO1.I. The van der Waals surface area contributed by atoms with E-state index in [1.807, 2.05) is 44.2 Å². The maximum atomic E-state index is 5.57. The molecule has 23 heavy (non-hydrogen) atoms. The van der Waals surface area contributed by atoms with E-state index in [2.05, 4.69) is 33.9 Å². The second kappa shape index (κ2) is 9.27. The van der Waals surface area contributed by atoms with Crippen molar-refractivity contribution in [1.82, 2.24) is 14.8 Å². The number of hydrogen-bond acceptors (Lipinski definition) is 4. The van der Waals surface area contributed by atoms with E-state index in [0.29, 0.717) is 6.54 Å². The number of aliphatic imine (C=N–C) groups is 1. The van der Waals surface area contributed by atoms with Crippen LogP contribution < -0.4 is 4.90 Å². The maximum absolute atomic E-state index is 5.57. The van der Waals surface area contributed by atoms with Crippen molar-refractivity contribution in [3.63, 3.8) is 0 Å². The molecule has 7 heteroatoms. The fourth-order valence-electron chi connectivity index (χ4n) is 2.57. The van der Waals surface area contributed by atoms with Crippen LogP contribution in [-0.4, -0.2) is 74.7 Å². The van der Waals surface area contributed by atoms with Gasteiger partial charge in [0.05, 0.1) is 19.3 Å². The third-order valence-corrected chi connectivity index (χ3v) is 3.58. The lowest BCUT2D eigenvalue weighted by atomic mass is 10.2. The predicted molar refractivity (Wildman–Crippen MR) is 106 cm³/mol. The number of guanidine groups is 1. The molecular weight excluding hydrogens is 405 g/mol. The molecule has 0 spiro atoms. The number of morpholine rings is 1. The van der Waals surface area contributed by atoms with Gasteiger partial charge in [0.1, 0.15) is 5.82 Å². The smallest absolute Gasteiger partial charge is 0.195 e. The molecule has 1 atom stereocenters. The van der Waals surface area contributed by atoms with Crippen LogP contribution >= 0.6 is 24.0 Å². The topological polar surface area (TPSA) is 44.2 Å². The molecule has 1 fully saturated rings. The average Bonchev–Trinajstić information content (AvgIpc) is 2.47. The third-order valence-electron chi connectivity index (χ3n) is 3.58. The normalized spacial score (nSPS) is 17.3. The molecule has 1 aliphatic rings. The molecule has 6 nitrogen and oxygen atoms in total. The van der Waals surface area contributed by atoms with E-state index in [1.54, 1.807) is 0 Å². The summed E-state index contributed by atoms with van der Waals surface area (Å²) >= 11 is 0. The number of nitrogens with zero attached hydrogens (tertiary/aromatic N) is 5. The van der Waals surface area contributed by atoms with Gasteiger partial charge in [0, 0.05) is 47.5 Å². The molecule has 1 aromatic heterocycles. The first kappa shape index (κ1) is 20.0. The van der Waals surface area contributed by atoms with Crippen LogP contribution in [0.15, 0.2) is 23.3 Å². The van der Waals surface area contributed by atoms with E-state index in [-0.39, 0.29) is 30.1 Å². The van der Waals surface area contributed by atoms with Crippen LogP contribution in [0, 0.1) is 0 Å². The molecule has 0 bridgehead atoms. The van der Waals surface area contributed by atoms with E-state index in [1.165, 1.54) is 0 Å². The Balaban J connectivity index is 0.00000264. The Kier molecular flexibility index (Phi) is 8.04. The van der Waals surface area contributed by atoms with Gasteiger partial charge >= 0.3 is 0 Å². The Hall–Kier alpha value is -1.09. The number of pyridine rings is 1. The standard InChI is InChI=1S/C16H27N5O.HI/c1-13-12-21(8-9-22-13)15-7-6-14(10-17-15)11-18-16(19(2)3)20(4)5;/h6-7,10,13H,8-9,11-12H2,1-5H3;1H. The lowest BCUT2D eigenvalue weighted by Crippen LogP contribution is -2.41. The molecule has 130 valence electrons. The van der Waals surface area contributed by atoms with Gasteiger partial charge in [0.15, 0.2) is 5.96 Å². The zero-order valence-corrected chi connectivity index (χ0v) is 17.0. The fraction of sp³-hybridized carbons (Fsp3) is 0.625. The van der Waals surface area contributed by atoms with Crippen LogP contribution in [0.2, 0.25) is 0 Å². The number of rotatable bonds is 3. The lowest BCUT2D eigenvalue weighted by molar-refractivity contribution is 0.0529. The largest absolute Gasteiger partial charge is 0.375 e. The van der Waals surface area contributed by atoms with Gasteiger partial charge in [-0.25, -0.2) is 9.98 Å². The van der Waals surface area contributed by atoms with Crippen molar-refractivity contribution in [1.29, 1.82) is 0 Å². The number of aromatic nitrogens is 1. The summed E-state index contributed by atoms with van der Waals surface area (Å²) in [5, 5.41) is 0. The molecule has 0 N–H and O–H groups in total. The summed E-state index contributed by atoms with van der Waals surface area (Å²) in [6, 6.07) is 4.18. The molecule has 0 aromatic carbocycles. The van der Waals surface area contributed by atoms with Crippen molar-refractivity contribution in [2.75, 3.05) is 52.8 Å². The Morgan fingerprint density at radius 1 is 1.30 bits per heavy atom. The quantitative estimate of drug-likeness (QED) is 0.414. The van der Waals surface area contributed by atoms with Crippen molar-refractivity contribution >= 4 is 35.8 Å². The predicted octanol–water partition coefficient (Wildman–Crippen LogP) is 1.90. The molecule has 1 unspecified atom stereocenters. The van der Waals surface area contributed by atoms with Gasteiger partial charge in [0.2, 0.25) is 0 Å². The highest BCUT2D eigenvalue weighted by Gasteiger charge is 2.17. The molecule has 1 aliphatic heterocycles. The minimum absolute atomic E-state index is 0. The van der Waals surface area contributed by atoms with Crippen molar-refractivity contribution in [2.45, 2.75) is 19.6 Å². The van der Waals surface area contributed by atoms with Crippen LogP contribution in [0.4, 0.5) is 5.82 Å². The van der Waals surface area contributed by atoms with Crippen LogP contribution in [0.3, 0.4) is 0 Å². The van der Waals surface area contributed by atoms with Crippen LogP contribution in [0.5, 0.6) is 0 Å². The summed E-state index contributed by atoms with van der Waals surface area (Å²) in [4.78, 5) is 15.5. The summed E-state index contributed by atoms with van der Waals surface area (Å²) in [6.45, 7) is 5.30. The average molecular weight is 433 g/mol. The second-order valence-electron chi connectivity index (χ2n) is 6.06. The summed E-state index contributed by atoms with van der Waals surface area (Å²) in [6.07, 6.45) is 2.18. The first-order chi connectivity index (χ1) is 10.5. The molecule has 1 aromatic rings. The Morgan fingerprint density at radius 2 is 2.00 bits per heavy atom. The van der Waals surface area contributed by atoms with Crippen molar-refractivity contribution in [3.8, 4) is 0 Å². The van der Waals surface area contributed by atoms with Crippen LogP contribution in [0.25, 0.3) is 0 Å². The highest BCUT2D eigenvalue weighted by atomic mass is 127. The van der Waals surface area contributed by atoms with Crippen molar-refractivity contribution < 1.29 is 4.74 Å². The van der Waals surface area contributed by atoms with Crippen LogP contribution in [-0.2, 0) is 11.3 Å². The molecular formula is C16H28IN5O. The first-order valence-corrected chi connectivity index (χ1v) is 7.68. The van der Waals surface area contributed by atoms with Gasteiger partial charge in [-0.2, -0.15) is 0 Å². The Labute approximate surface area is 156 Å². The second-order valence-corrected chi connectivity index (χ2v) is 6.06. The van der Waals surface area contributed by atoms with Gasteiger partial charge in [-0.15, -0.1) is 24.0 Å². The van der Waals surface area contributed by atoms with Gasteiger partial charge in [0.25, 0.3) is 0 Å². The molecule has 0 saturated carbocycles. The zero-order valence-electron chi connectivity index (χ0n) is 14.7. The lowest BCUT2D eigenvalue weighted by Gasteiger charge is -2.32. The monoisotopic (exact) mass is 433 g/mol. The Morgan fingerprint density at radius 3 is 2.52 bits per heavy atom. The molecule has 2 heterocycles.